The van der Waals surface area contributed by atoms with Crippen LogP contribution >= 0.6 is 27.5 Å². The standard InChI is InChI=1S/C10H6BrClO3/c1-4-6-2-5(11)3-7(12)9(6)15-8(4)10(13)14/h2-3H,1H3,(H,13,14). The second kappa shape index (κ2) is 3.54. The highest BCUT2D eigenvalue weighted by atomic mass is 79.9. The molecule has 2 rings (SSSR count). The lowest BCUT2D eigenvalue weighted by molar-refractivity contribution is 0.0664. The molecule has 1 aromatic carbocycles. The molecular weight excluding hydrogens is 283 g/mol. The highest BCUT2D eigenvalue weighted by molar-refractivity contribution is 9.10. The monoisotopic (exact) mass is 288 g/mol. The summed E-state index contributed by atoms with van der Waals surface area (Å²) in [7, 11) is 0. The summed E-state index contributed by atoms with van der Waals surface area (Å²) < 4.78 is 5.99. The Hall–Kier alpha value is -1.000. The Morgan fingerprint density at radius 1 is 1.53 bits per heavy atom. The van der Waals surface area contributed by atoms with Crippen LogP contribution in [0, 0.1) is 6.92 Å². The number of carboxylic acid groups (broad SMARTS) is 1. The number of fused-ring (bicyclic) bond motifs is 1. The minimum Gasteiger partial charge on any atom is -0.475 e. The van der Waals surface area contributed by atoms with E-state index in [2.05, 4.69) is 15.9 Å². The van der Waals surface area contributed by atoms with Crippen LogP contribution in [0.5, 0.6) is 0 Å². The van der Waals surface area contributed by atoms with E-state index in [1.54, 1.807) is 19.1 Å². The number of aromatic carboxylic acids is 1. The van der Waals surface area contributed by atoms with Crippen molar-refractivity contribution in [3.63, 3.8) is 0 Å². The summed E-state index contributed by atoms with van der Waals surface area (Å²) in [5.41, 5.74) is 0.996. The summed E-state index contributed by atoms with van der Waals surface area (Å²) in [6, 6.07) is 3.45. The quantitative estimate of drug-likeness (QED) is 0.867. The molecule has 0 saturated heterocycles. The Balaban J connectivity index is 2.88. The van der Waals surface area contributed by atoms with E-state index in [0.29, 0.717) is 21.6 Å². The van der Waals surface area contributed by atoms with Crippen LogP contribution in [0.25, 0.3) is 11.0 Å². The molecule has 0 aliphatic carbocycles. The van der Waals surface area contributed by atoms with Gasteiger partial charge < -0.3 is 9.52 Å². The predicted molar refractivity (Wildman–Crippen MR) is 60.6 cm³/mol. The van der Waals surface area contributed by atoms with Crippen LogP contribution in [-0.2, 0) is 0 Å². The molecule has 1 N–H and O–H groups in total. The smallest absolute Gasteiger partial charge is 0.372 e. The minimum atomic E-state index is -1.09. The van der Waals surface area contributed by atoms with Crippen LogP contribution in [0.1, 0.15) is 16.1 Å². The van der Waals surface area contributed by atoms with Gasteiger partial charge in [-0.3, -0.25) is 0 Å². The second-order valence-electron chi connectivity index (χ2n) is 3.13. The van der Waals surface area contributed by atoms with Crippen LogP contribution in [0.15, 0.2) is 21.0 Å². The van der Waals surface area contributed by atoms with Gasteiger partial charge in [-0.25, -0.2) is 4.79 Å². The first-order valence-corrected chi connectivity index (χ1v) is 5.29. The van der Waals surface area contributed by atoms with Crippen molar-refractivity contribution in [3.05, 3.63) is 33.0 Å². The zero-order chi connectivity index (χ0) is 11.2. The normalized spacial score (nSPS) is 10.9. The van der Waals surface area contributed by atoms with Gasteiger partial charge in [-0.05, 0) is 19.1 Å². The summed E-state index contributed by atoms with van der Waals surface area (Å²) in [5, 5.41) is 9.99. The number of furan rings is 1. The Labute approximate surface area is 98.8 Å². The molecule has 0 unspecified atom stereocenters. The molecule has 0 atom stereocenters. The van der Waals surface area contributed by atoms with Crippen LogP contribution in [0.4, 0.5) is 0 Å². The molecule has 5 heteroatoms. The zero-order valence-electron chi connectivity index (χ0n) is 7.67. The number of hydrogen-bond acceptors (Lipinski definition) is 2. The fourth-order valence-electron chi connectivity index (χ4n) is 1.45. The highest BCUT2D eigenvalue weighted by Gasteiger charge is 2.18. The van der Waals surface area contributed by atoms with Gasteiger partial charge in [-0.1, -0.05) is 27.5 Å². The summed E-state index contributed by atoms with van der Waals surface area (Å²) in [4.78, 5) is 10.8. The molecule has 0 aliphatic rings. The summed E-state index contributed by atoms with van der Waals surface area (Å²) in [6.45, 7) is 1.69. The number of carbonyl (C=O) groups is 1. The molecule has 1 aromatic heterocycles. The Morgan fingerprint density at radius 3 is 2.80 bits per heavy atom. The number of aryl methyl sites for hydroxylation is 1. The SMILES string of the molecule is Cc1c(C(=O)O)oc2c(Cl)cc(Br)cc12. The van der Waals surface area contributed by atoms with Crippen molar-refractivity contribution in [2.24, 2.45) is 0 Å². The molecule has 3 nitrogen and oxygen atoms in total. The first kappa shape index (κ1) is 10.5. The molecule has 1 heterocycles. The molecule has 0 spiro atoms. The number of carboxylic acids is 1. The number of hydrogen-bond donors (Lipinski definition) is 1. The molecule has 0 fully saturated rings. The van der Waals surface area contributed by atoms with Crippen LogP contribution < -0.4 is 0 Å². The van der Waals surface area contributed by atoms with Crippen molar-refractivity contribution in [2.45, 2.75) is 6.92 Å². The molecule has 0 amide bonds. The van der Waals surface area contributed by atoms with E-state index in [4.69, 9.17) is 21.1 Å². The molecule has 0 bridgehead atoms. The van der Waals surface area contributed by atoms with E-state index in [1.807, 2.05) is 0 Å². The third kappa shape index (κ3) is 1.64. The number of rotatable bonds is 1. The Bertz CT molecular complexity index is 559. The molecule has 0 aliphatic heterocycles. The van der Waals surface area contributed by atoms with Crippen molar-refractivity contribution in [1.82, 2.24) is 0 Å². The molecule has 0 radical (unpaired) electrons. The summed E-state index contributed by atoms with van der Waals surface area (Å²) in [5.74, 6) is -1.15. The third-order valence-electron chi connectivity index (χ3n) is 2.15. The maximum atomic E-state index is 10.8. The van der Waals surface area contributed by atoms with Gasteiger partial charge in [0.25, 0.3) is 0 Å². The highest BCUT2D eigenvalue weighted by Crippen LogP contribution is 2.33. The first-order chi connectivity index (χ1) is 7.00. The average molecular weight is 290 g/mol. The summed E-state index contributed by atoms with van der Waals surface area (Å²) in [6.07, 6.45) is 0. The van der Waals surface area contributed by atoms with Gasteiger partial charge >= 0.3 is 5.97 Å². The summed E-state index contributed by atoms with van der Waals surface area (Å²) >= 11 is 9.23. The van der Waals surface area contributed by atoms with Gasteiger partial charge in [0.15, 0.2) is 5.58 Å². The van der Waals surface area contributed by atoms with Gasteiger partial charge in [0.1, 0.15) is 0 Å². The lowest BCUT2D eigenvalue weighted by Gasteiger charge is -1.94. The maximum absolute atomic E-state index is 10.8. The van der Waals surface area contributed by atoms with E-state index in [1.165, 1.54) is 0 Å². The van der Waals surface area contributed by atoms with Gasteiger partial charge in [-0.2, -0.15) is 0 Å². The fraction of sp³-hybridized carbons (Fsp3) is 0.100. The van der Waals surface area contributed by atoms with E-state index in [9.17, 15) is 4.79 Å². The third-order valence-corrected chi connectivity index (χ3v) is 2.89. The van der Waals surface area contributed by atoms with Gasteiger partial charge in [0.2, 0.25) is 5.76 Å². The van der Waals surface area contributed by atoms with E-state index in [0.717, 1.165) is 4.47 Å². The lowest BCUT2D eigenvalue weighted by atomic mass is 10.1. The largest absolute Gasteiger partial charge is 0.475 e. The molecule has 15 heavy (non-hydrogen) atoms. The molecule has 78 valence electrons. The number of benzene rings is 1. The van der Waals surface area contributed by atoms with Gasteiger partial charge in [-0.15, -0.1) is 0 Å². The average Bonchev–Trinajstić information content (AvgIpc) is 2.44. The predicted octanol–water partition coefficient (Wildman–Crippen LogP) is 3.86. The van der Waals surface area contributed by atoms with Crippen molar-refractivity contribution in [1.29, 1.82) is 0 Å². The molecule has 2 aromatic rings. The van der Waals surface area contributed by atoms with Crippen LogP contribution in [0.2, 0.25) is 5.02 Å². The first-order valence-electron chi connectivity index (χ1n) is 4.12. The Morgan fingerprint density at radius 2 is 2.20 bits per heavy atom. The van der Waals surface area contributed by atoms with Crippen LogP contribution in [0.3, 0.4) is 0 Å². The number of halogens is 2. The second-order valence-corrected chi connectivity index (χ2v) is 4.45. The van der Waals surface area contributed by atoms with Crippen LogP contribution in [-0.4, -0.2) is 11.1 Å². The van der Waals surface area contributed by atoms with Gasteiger partial charge in [0, 0.05) is 15.4 Å². The van der Waals surface area contributed by atoms with Gasteiger partial charge in [0.05, 0.1) is 5.02 Å². The van der Waals surface area contributed by atoms with E-state index in [-0.39, 0.29) is 5.76 Å². The van der Waals surface area contributed by atoms with Crippen molar-refractivity contribution in [2.75, 3.05) is 0 Å². The Kier molecular flexibility index (Phi) is 2.48. The topological polar surface area (TPSA) is 50.4 Å². The minimum absolute atomic E-state index is 0.0648. The fourth-order valence-corrected chi connectivity index (χ4v) is 2.30. The molecular formula is C10H6BrClO3. The maximum Gasteiger partial charge on any atom is 0.372 e. The lowest BCUT2D eigenvalue weighted by Crippen LogP contribution is -1.95. The molecule has 0 saturated carbocycles. The van der Waals surface area contributed by atoms with Crippen molar-refractivity contribution >= 4 is 44.5 Å². The van der Waals surface area contributed by atoms with E-state index < -0.39 is 5.97 Å². The van der Waals surface area contributed by atoms with Crippen molar-refractivity contribution < 1.29 is 14.3 Å². The zero-order valence-corrected chi connectivity index (χ0v) is 10.0. The van der Waals surface area contributed by atoms with Crippen molar-refractivity contribution in [3.8, 4) is 0 Å². The van der Waals surface area contributed by atoms with E-state index >= 15 is 0 Å².